The van der Waals surface area contributed by atoms with Crippen molar-refractivity contribution < 1.29 is 14.3 Å². The summed E-state index contributed by atoms with van der Waals surface area (Å²) < 4.78 is 5.16. The van der Waals surface area contributed by atoms with Gasteiger partial charge in [0, 0.05) is 23.1 Å². The molecular weight excluding hydrogens is 370 g/mol. The van der Waals surface area contributed by atoms with Crippen molar-refractivity contribution in [2.45, 2.75) is 30.7 Å². The minimum absolute atomic E-state index is 0.0655. The van der Waals surface area contributed by atoms with Crippen molar-refractivity contribution in [3.05, 3.63) is 29.6 Å². The van der Waals surface area contributed by atoms with Crippen LogP contribution < -0.4 is 10.1 Å². The summed E-state index contributed by atoms with van der Waals surface area (Å²) >= 11 is 3.07. The van der Waals surface area contributed by atoms with Gasteiger partial charge in [0.1, 0.15) is 11.8 Å². The van der Waals surface area contributed by atoms with Crippen molar-refractivity contribution in [2.75, 3.05) is 18.2 Å². The Bertz CT molecular complexity index is 852. The van der Waals surface area contributed by atoms with Gasteiger partial charge in [0.2, 0.25) is 11.8 Å². The Morgan fingerprint density at radius 1 is 1.38 bits per heavy atom. The van der Waals surface area contributed by atoms with Gasteiger partial charge in [-0.1, -0.05) is 0 Å². The number of carbonyl (C=O) groups is 2. The molecule has 1 aromatic heterocycles. The summed E-state index contributed by atoms with van der Waals surface area (Å²) in [6.45, 7) is 2.04. The van der Waals surface area contributed by atoms with Crippen LogP contribution in [0.1, 0.15) is 19.8 Å². The number of carbonyl (C=O) groups excluding carboxylic acids is 2. The fraction of sp³-hybridized carbons (Fsp3) is 0.389. The van der Waals surface area contributed by atoms with Crippen molar-refractivity contribution in [1.29, 1.82) is 0 Å². The summed E-state index contributed by atoms with van der Waals surface area (Å²) in [7, 11) is 1.63. The molecule has 6 nitrogen and oxygen atoms in total. The third-order valence-corrected chi connectivity index (χ3v) is 7.13. The highest BCUT2D eigenvalue weighted by atomic mass is 32.2. The average molecular weight is 390 g/mol. The van der Waals surface area contributed by atoms with E-state index in [9.17, 15) is 9.59 Å². The van der Waals surface area contributed by atoms with Gasteiger partial charge in [0.15, 0.2) is 5.13 Å². The number of thiazole rings is 1. The minimum Gasteiger partial charge on any atom is -0.497 e. The van der Waals surface area contributed by atoms with Gasteiger partial charge >= 0.3 is 0 Å². The lowest BCUT2D eigenvalue weighted by Gasteiger charge is -2.29. The topological polar surface area (TPSA) is 71.5 Å². The van der Waals surface area contributed by atoms with Crippen LogP contribution in [0.15, 0.2) is 29.6 Å². The molecule has 2 atom stereocenters. The third-order valence-electron chi connectivity index (χ3n) is 4.87. The molecule has 136 valence electrons. The largest absolute Gasteiger partial charge is 0.497 e. The van der Waals surface area contributed by atoms with Crippen molar-refractivity contribution in [3.8, 4) is 17.0 Å². The quantitative estimate of drug-likeness (QED) is 0.869. The number of rotatable bonds is 4. The standard InChI is InChI=1S/C18H19N3O3S2/c1-18-8-7-15(22)21(18)14(10-26-18)16(23)20-17-19-13(9-25-17)11-3-5-12(24-2)6-4-11/h3-6,9,14H,7-8,10H2,1-2H3,(H,19,20,23)/t14-,18-/m0/s1. The number of nitrogens with one attached hydrogen (secondary N) is 1. The second-order valence-corrected chi connectivity index (χ2v) is 8.88. The van der Waals surface area contributed by atoms with E-state index >= 15 is 0 Å². The van der Waals surface area contributed by atoms with Crippen LogP contribution in [-0.4, -0.2) is 45.5 Å². The Balaban J connectivity index is 1.47. The number of methoxy groups -OCH3 is 1. The molecule has 2 aliphatic heterocycles. The van der Waals surface area contributed by atoms with Crippen molar-refractivity contribution in [1.82, 2.24) is 9.88 Å². The molecule has 26 heavy (non-hydrogen) atoms. The second-order valence-electron chi connectivity index (χ2n) is 6.52. The monoisotopic (exact) mass is 389 g/mol. The van der Waals surface area contributed by atoms with E-state index < -0.39 is 6.04 Å². The number of hydrogen-bond donors (Lipinski definition) is 1. The van der Waals surface area contributed by atoms with Crippen LogP contribution >= 0.6 is 23.1 Å². The van der Waals surface area contributed by atoms with Gasteiger partial charge in [-0.25, -0.2) is 4.98 Å². The first-order valence-corrected chi connectivity index (χ1v) is 10.2. The molecule has 1 aromatic carbocycles. The van der Waals surface area contributed by atoms with Crippen molar-refractivity contribution >= 4 is 40.0 Å². The molecular formula is C18H19N3O3S2. The van der Waals surface area contributed by atoms with E-state index in [1.807, 2.05) is 36.6 Å². The summed E-state index contributed by atoms with van der Waals surface area (Å²) in [5.41, 5.74) is 1.76. The molecule has 0 saturated carbocycles. The molecule has 2 fully saturated rings. The number of nitrogens with zero attached hydrogens (tertiary/aromatic N) is 2. The molecule has 0 spiro atoms. The van der Waals surface area contributed by atoms with Gasteiger partial charge in [-0.2, -0.15) is 0 Å². The van der Waals surface area contributed by atoms with Gasteiger partial charge in [0.05, 0.1) is 17.7 Å². The highest BCUT2D eigenvalue weighted by Crippen LogP contribution is 2.47. The minimum atomic E-state index is -0.423. The lowest BCUT2D eigenvalue weighted by Crippen LogP contribution is -2.48. The van der Waals surface area contributed by atoms with Gasteiger partial charge in [-0.15, -0.1) is 23.1 Å². The van der Waals surface area contributed by atoms with Crippen LogP contribution in [0.2, 0.25) is 0 Å². The first kappa shape index (κ1) is 17.4. The average Bonchev–Trinajstić information content (AvgIpc) is 3.31. The zero-order valence-electron chi connectivity index (χ0n) is 14.5. The molecule has 0 aliphatic carbocycles. The van der Waals surface area contributed by atoms with Crippen molar-refractivity contribution in [3.63, 3.8) is 0 Å². The number of benzene rings is 1. The van der Waals surface area contributed by atoms with E-state index in [0.717, 1.165) is 23.4 Å². The Labute approximate surface area is 159 Å². The first-order chi connectivity index (χ1) is 12.5. The van der Waals surface area contributed by atoms with E-state index in [-0.39, 0.29) is 16.7 Å². The number of hydrogen-bond acceptors (Lipinski definition) is 6. The number of ether oxygens (including phenoxy) is 1. The van der Waals surface area contributed by atoms with Gasteiger partial charge < -0.3 is 15.0 Å². The molecule has 1 N–H and O–H groups in total. The smallest absolute Gasteiger partial charge is 0.249 e. The fourth-order valence-corrected chi connectivity index (χ4v) is 5.58. The Kier molecular flexibility index (Phi) is 4.40. The predicted octanol–water partition coefficient (Wildman–Crippen LogP) is 3.21. The van der Waals surface area contributed by atoms with E-state index in [0.29, 0.717) is 17.3 Å². The third kappa shape index (κ3) is 2.97. The number of aromatic nitrogens is 1. The second kappa shape index (κ2) is 6.59. The molecule has 8 heteroatoms. The van der Waals surface area contributed by atoms with Gasteiger partial charge in [-0.05, 0) is 37.6 Å². The van der Waals surface area contributed by atoms with E-state index in [4.69, 9.17) is 4.74 Å². The Hall–Kier alpha value is -2.06. The maximum absolute atomic E-state index is 12.7. The summed E-state index contributed by atoms with van der Waals surface area (Å²) in [5, 5.41) is 5.34. The van der Waals surface area contributed by atoms with Crippen LogP contribution in [-0.2, 0) is 9.59 Å². The summed E-state index contributed by atoms with van der Waals surface area (Å²) in [6.07, 6.45) is 1.32. The molecule has 0 unspecified atom stereocenters. The van der Waals surface area contributed by atoms with Crippen LogP contribution in [0.5, 0.6) is 5.75 Å². The molecule has 0 bridgehead atoms. The van der Waals surface area contributed by atoms with Crippen molar-refractivity contribution in [2.24, 2.45) is 0 Å². The molecule has 2 aromatic rings. The normalized spacial score (nSPS) is 24.6. The first-order valence-electron chi connectivity index (χ1n) is 8.37. The SMILES string of the molecule is COc1ccc(-c2csc(NC(=O)[C@@H]3CS[C@@]4(C)CCC(=O)N34)n2)cc1. The number of anilines is 1. The Morgan fingerprint density at radius 3 is 2.88 bits per heavy atom. The molecule has 2 saturated heterocycles. The number of thioether (sulfide) groups is 1. The molecule has 0 radical (unpaired) electrons. The zero-order chi connectivity index (χ0) is 18.3. The van der Waals surface area contributed by atoms with Crippen LogP contribution in [0, 0.1) is 0 Å². The summed E-state index contributed by atoms with van der Waals surface area (Å²) in [4.78, 5) is 30.9. The summed E-state index contributed by atoms with van der Waals surface area (Å²) in [6, 6.07) is 7.20. The molecule has 2 amide bonds. The van der Waals surface area contributed by atoms with E-state index in [1.165, 1.54) is 11.3 Å². The lowest BCUT2D eigenvalue weighted by molar-refractivity contribution is -0.135. The van der Waals surface area contributed by atoms with E-state index in [2.05, 4.69) is 10.3 Å². The highest BCUT2D eigenvalue weighted by Gasteiger charge is 2.52. The van der Waals surface area contributed by atoms with Gasteiger partial charge in [0.25, 0.3) is 0 Å². The highest BCUT2D eigenvalue weighted by molar-refractivity contribution is 8.01. The number of amides is 2. The van der Waals surface area contributed by atoms with Crippen LogP contribution in [0.25, 0.3) is 11.3 Å². The van der Waals surface area contributed by atoms with E-state index in [1.54, 1.807) is 23.8 Å². The van der Waals surface area contributed by atoms with Crippen LogP contribution in [0.4, 0.5) is 5.13 Å². The Morgan fingerprint density at radius 2 is 2.15 bits per heavy atom. The zero-order valence-corrected chi connectivity index (χ0v) is 16.2. The van der Waals surface area contributed by atoms with Crippen LogP contribution in [0.3, 0.4) is 0 Å². The molecule has 3 heterocycles. The van der Waals surface area contributed by atoms with Gasteiger partial charge in [-0.3, -0.25) is 9.59 Å². The maximum Gasteiger partial charge on any atom is 0.249 e. The predicted molar refractivity (Wildman–Crippen MR) is 103 cm³/mol. The lowest BCUT2D eigenvalue weighted by atomic mass is 10.2. The molecule has 2 aliphatic rings. The summed E-state index contributed by atoms with van der Waals surface area (Å²) in [5.74, 6) is 1.32. The molecule has 4 rings (SSSR count). The maximum atomic E-state index is 12.7. The number of fused-ring (bicyclic) bond motifs is 1. The fourth-order valence-electron chi connectivity index (χ4n) is 3.43.